The zero-order valence-corrected chi connectivity index (χ0v) is 15.3. The Bertz CT molecular complexity index is 597. The van der Waals surface area contributed by atoms with E-state index < -0.39 is 0 Å². The Labute approximate surface area is 154 Å². The van der Waals surface area contributed by atoms with E-state index in [0.29, 0.717) is 24.7 Å². The highest BCUT2D eigenvalue weighted by Crippen LogP contribution is 2.18. The van der Waals surface area contributed by atoms with Crippen LogP contribution in [0.1, 0.15) is 44.1 Å². The number of nitrogens with zero attached hydrogens (tertiary/aromatic N) is 2. The number of benzene rings is 1. The maximum Gasteiger partial charge on any atom is 0.320 e. The van der Waals surface area contributed by atoms with Crippen molar-refractivity contribution in [1.82, 2.24) is 15.1 Å². The van der Waals surface area contributed by atoms with Crippen molar-refractivity contribution in [3.8, 4) is 0 Å². The number of carbonyl (C=O) groups is 2. The zero-order chi connectivity index (χ0) is 17.6. The van der Waals surface area contributed by atoms with E-state index in [2.05, 4.69) is 5.32 Å². The van der Waals surface area contributed by atoms with E-state index >= 15 is 0 Å². The average Bonchev–Trinajstić information content (AvgIpc) is 2.79. The van der Waals surface area contributed by atoms with E-state index in [1.807, 2.05) is 24.3 Å². The van der Waals surface area contributed by atoms with E-state index in [1.54, 1.807) is 9.80 Å². The first-order valence-electron chi connectivity index (χ1n) is 9.19. The van der Waals surface area contributed by atoms with Gasteiger partial charge < -0.3 is 15.1 Å². The summed E-state index contributed by atoms with van der Waals surface area (Å²) in [6.45, 7) is 1.96. The quantitative estimate of drug-likeness (QED) is 0.815. The monoisotopic (exact) mass is 363 g/mol. The Hall–Kier alpha value is -1.75. The number of nitrogens with one attached hydrogen (secondary N) is 1. The van der Waals surface area contributed by atoms with Crippen LogP contribution in [0.15, 0.2) is 24.3 Å². The largest absolute Gasteiger partial charge is 0.352 e. The second-order valence-corrected chi connectivity index (χ2v) is 7.44. The van der Waals surface area contributed by atoms with Crippen LogP contribution in [-0.2, 0) is 11.3 Å². The number of halogens is 1. The molecule has 3 rings (SSSR count). The van der Waals surface area contributed by atoms with Crippen molar-refractivity contribution in [2.75, 3.05) is 19.6 Å². The molecule has 0 aromatic heterocycles. The third-order valence-electron chi connectivity index (χ3n) is 5.02. The SMILES string of the molecule is O=C(CN1CCN(Cc2ccc(Cl)cc2)C1=O)NC1CCCCCC1. The van der Waals surface area contributed by atoms with Gasteiger partial charge in [0, 0.05) is 30.7 Å². The van der Waals surface area contributed by atoms with Gasteiger partial charge in [-0.25, -0.2) is 4.79 Å². The van der Waals surface area contributed by atoms with Crippen molar-refractivity contribution in [2.45, 2.75) is 51.1 Å². The summed E-state index contributed by atoms with van der Waals surface area (Å²) in [5.74, 6) is -0.0337. The Morgan fingerprint density at radius 2 is 1.68 bits per heavy atom. The van der Waals surface area contributed by atoms with Crippen LogP contribution in [0.2, 0.25) is 5.02 Å². The minimum atomic E-state index is -0.0639. The first kappa shape index (κ1) is 18.1. The van der Waals surface area contributed by atoms with Gasteiger partial charge in [0.1, 0.15) is 6.54 Å². The van der Waals surface area contributed by atoms with Gasteiger partial charge in [0.25, 0.3) is 0 Å². The summed E-state index contributed by atoms with van der Waals surface area (Å²) in [6.07, 6.45) is 7.00. The van der Waals surface area contributed by atoms with E-state index in [-0.39, 0.29) is 24.5 Å². The Morgan fingerprint density at radius 1 is 1.04 bits per heavy atom. The Morgan fingerprint density at radius 3 is 2.36 bits per heavy atom. The van der Waals surface area contributed by atoms with Crippen LogP contribution >= 0.6 is 11.6 Å². The summed E-state index contributed by atoms with van der Waals surface area (Å²) in [7, 11) is 0. The molecule has 5 nitrogen and oxygen atoms in total. The minimum Gasteiger partial charge on any atom is -0.352 e. The fraction of sp³-hybridized carbons (Fsp3) is 0.579. The smallest absolute Gasteiger partial charge is 0.320 e. The van der Waals surface area contributed by atoms with Gasteiger partial charge in [-0.1, -0.05) is 49.4 Å². The van der Waals surface area contributed by atoms with Gasteiger partial charge in [0.2, 0.25) is 5.91 Å². The second-order valence-electron chi connectivity index (χ2n) is 7.01. The molecule has 1 saturated carbocycles. The maximum absolute atomic E-state index is 12.5. The second kappa shape index (κ2) is 8.56. The molecule has 1 heterocycles. The van der Waals surface area contributed by atoms with Crippen molar-refractivity contribution in [1.29, 1.82) is 0 Å². The highest BCUT2D eigenvalue weighted by molar-refractivity contribution is 6.30. The van der Waals surface area contributed by atoms with Gasteiger partial charge in [0.05, 0.1) is 0 Å². The molecule has 6 heteroatoms. The van der Waals surface area contributed by atoms with Crippen molar-refractivity contribution < 1.29 is 9.59 Å². The zero-order valence-electron chi connectivity index (χ0n) is 14.5. The third-order valence-corrected chi connectivity index (χ3v) is 5.27. The van der Waals surface area contributed by atoms with Crippen LogP contribution in [0.25, 0.3) is 0 Å². The number of urea groups is 1. The van der Waals surface area contributed by atoms with Crippen molar-refractivity contribution in [3.63, 3.8) is 0 Å². The van der Waals surface area contributed by atoms with Crippen molar-refractivity contribution >= 4 is 23.5 Å². The number of carbonyl (C=O) groups excluding carboxylic acids is 2. The molecule has 1 aromatic carbocycles. The maximum atomic E-state index is 12.5. The predicted octanol–water partition coefficient (Wildman–Crippen LogP) is 3.42. The molecule has 2 fully saturated rings. The number of amides is 3. The van der Waals surface area contributed by atoms with Gasteiger partial charge in [0.15, 0.2) is 0 Å². The summed E-state index contributed by atoms with van der Waals surface area (Å²) >= 11 is 5.89. The molecule has 1 aromatic rings. The molecule has 1 saturated heterocycles. The summed E-state index contributed by atoms with van der Waals surface area (Å²) in [6, 6.07) is 7.72. The molecule has 0 atom stereocenters. The number of hydrogen-bond donors (Lipinski definition) is 1. The minimum absolute atomic E-state index is 0.0337. The van der Waals surface area contributed by atoms with E-state index in [0.717, 1.165) is 18.4 Å². The molecule has 0 bridgehead atoms. The molecule has 25 heavy (non-hydrogen) atoms. The molecule has 1 aliphatic carbocycles. The van der Waals surface area contributed by atoms with Crippen LogP contribution < -0.4 is 5.32 Å². The van der Waals surface area contributed by atoms with Gasteiger partial charge in [-0.2, -0.15) is 0 Å². The van der Waals surface area contributed by atoms with Gasteiger partial charge in [-0.05, 0) is 30.5 Å². The molecule has 3 amide bonds. The standard InChI is InChI=1S/C19H26ClN3O2/c20-16-9-7-15(8-10-16)13-22-11-12-23(19(22)25)14-18(24)21-17-5-3-1-2-4-6-17/h7-10,17H,1-6,11-14H2,(H,21,24). The summed E-state index contributed by atoms with van der Waals surface area (Å²) in [5.41, 5.74) is 1.04. The summed E-state index contributed by atoms with van der Waals surface area (Å²) in [4.78, 5) is 28.2. The molecule has 2 aliphatic rings. The molecule has 0 unspecified atom stereocenters. The van der Waals surface area contributed by atoms with Crippen LogP contribution in [0.4, 0.5) is 4.79 Å². The summed E-state index contributed by atoms with van der Waals surface area (Å²) in [5, 5.41) is 3.80. The fourth-order valence-corrected chi connectivity index (χ4v) is 3.73. The lowest BCUT2D eigenvalue weighted by atomic mass is 10.1. The molecule has 0 spiro atoms. The number of hydrogen-bond acceptors (Lipinski definition) is 2. The highest BCUT2D eigenvalue weighted by Gasteiger charge is 2.30. The highest BCUT2D eigenvalue weighted by atomic mass is 35.5. The average molecular weight is 364 g/mol. The molecular formula is C19H26ClN3O2. The molecule has 1 N–H and O–H groups in total. The van der Waals surface area contributed by atoms with E-state index in [1.165, 1.54) is 25.7 Å². The first-order chi connectivity index (χ1) is 12.1. The lowest BCUT2D eigenvalue weighted by molar-refractivity contribution is -0.122. The topological polar surface area (TPSA) is 52.7 Å². The van der Waals surface area contributed by atoms with E-state index in [4.69, 9.17) is 11.6 Å². The molecule has 0 radical (unpaired) electrons. The summed E-state index contributed by atoms with van der Waals surface area (Å²) < 4.78 is 0. The molecular weight excluding hydrogens is 338 g/mol. The van der Waals surface area contributed by atoms with Gasteiger partial charge in [-0.3, -0.25) is 4.79 Å². The van der Waals surface area contributed by atoms with Crippen LogP contribution in [0, 0.1) is 0 Å². The lowest BCUT2D eigenvalue weighted by Gasteiger charge is -2.21. The van der Waals surface area contributed by atoms with Gasteiger partial charge in [-0.15, -0.1) is 0 Å². The van der Waals surface area contributed by atoms with Crippen LogP contribution in [0.3, 0.4) is 0 Å². The van der Waals surface area contributed by atoms with E-state index in [9.17, 15) is 9.59 Å². The van der Waals surface area contributed by atoms with Gasteiger partial charge >= 0.3 is 6.03 Å². The van der Waals surface area contributed by atoms with Crippen LogP contribution in [-0.4, -0.2) is 47.4 Å². The normalized spacial score (nSPS) is 19.2. The Balaban J connectivity index is 1.47. The first-order valence-corrected chi connectivity index (χ1v) is 9.57. The fourth-order valence-electron chi connectivity index (χ4n) is 3.61. The van der Waals surface area contributed by atoms with Crippen molar-refractivity contribution in [3.05, 3.63) is 34.9 Å². The Kier molecular flexibility index (Phi) is 6.19. The number of rotatable bonds is 5. The van der Waals surface area contributed by atoms with Crippen molar-refractivity contribution in [2.24, 2.45) is 0 Å². The third kappa shape index (κ3) is 5.11. The predicted molar refractivity (Wildman–Crippen MR) is 98.5 cm³/mol. The molecule has 1 aliphatic heterocycles. The molecule has 136 valence electrons. The van der Waals surface area contributed by atoms with Crippen LogP contribution in [0.5, 0.6) is 0 Å². The lowest BCUT2D eigenvalue weighted by Crippen LogP contribution is -2.43.